The van der Waals surface area contributed by atoms with Crippen molar-refractivity contribution in [3.05, 3.63) is 47.9 Å². The fourth-order valence-electron chi connectivity index (χ4n) is 2.96. The highest BCUT2D eigenvalue weighted by Gasteiger charge is 2.21. The van der Waals surface area contributed by atoms with Crippen molar-refractivity contribution in [3.63, 3.8) is 0 Å². The van der Waals surface area contributed by atoms with Gasteiger partial charge in [-0.05, 0) is 32.4 Å². The van der Waals surface area contributed by atoms with E-state index >= 15 is 0 Å². The van der Waals surface area contributed by atoms with E-state index in [1.54, 1.807) is 6.20 Å². The number of anilines is 1. The first-order chi connectivity index (χ1) is 12.1. The van der Waals surface area contributed by atoms with Gasteiger partial charge in [0.05, 0.1) is 11.4 Å². The first-order valence-electron chi connectivity index (χ1n) is 8.64. The van der Waals surface area contributed by atoms with E-state index in [0.29, 0.717) is 6.54 Å². The van der Waals surface area contributed by atoms with Crippen molar-refractivity contribution in [2.45, 2.75) is 20.3 Å². The minimum absolute atomic E-state index is 0.0257. The highest BCUT2D eigenvalue weighted by molar-refractivity contribution is 5.77. The maximum atomic E-state index is 12.4. The van der Waals surface area contributed by atoms with E-state index in [1.165, 1.54) is 0 Å². The fraction of sp³-hybridized carbons (Fsp3) is 0.421. The Morgan fingerprint density at radius 1 is 1.12 bits per heavy atom. The Morgan fingerprint density at radius 3 is 2.72 bits per heavy atom. The van der Waals surface area contributed by atoms with Crippen molar-refractivity contribution in [3.8, 4) is 5.75 Å². The quantitative estimate of drug-likeness (QED) is 0.854. The van der Waals surface area contributed by atoms with Crippen LogP contribution in [0.4, 0.5) is 5.82 Å². The number of carbonyl (C=O) groups excluding carboxylic acids is 1. The van der Waals surface area contributed by atoms with Gasteiger partial charge in [0.15, 0.2) is 6.61 Å². The van der Waals surface area contributed by atoms with Crippen LogP contribution in [0.2, 0.25) is 0 Å². The molecule has 1 aliphatic rings. The van der Waals surface area contributed by atoms with Gasteiger partial charge in [0.1, 0.15) is 11.6 Å². The molecule has 25 heavy (non-hydrogen) atoms. The van der Waals surface area contributed by atoms with Gasteiger partial charge < -0.3 is 14.5 Å². The van der Waals surface area contributed by atoms with Crippen LogP contribution in [0.25, 0.3) is 0 Å². The zero-order chi connectivity index (χ0) is 17.6. The second-order valence-electron chi connectivity index (χ2n) is 6.24. The molecule has 0 saturated carbocycles. The number of nitrogens with zero attached hydrogens (tertiary/aromatic N) is 4. The molecular weight excluding hydrogens is 316 g/mol. The second kappa shape index (κ2) is 7.96. The summed E-state index contributed by atoms with van der Waals surface area (Å²) in [5, 5.41) is 0. The lowest BCUT2D eigenvalue weighted by Crippen LogP contribution is -2.38. The Kier molecular flexibility index (Phi) is 5.48. The summed E-state index contributed by atoms with van der Waals surface area (Å²) in [5.74, 6) is 1.67. The lowest BCUT2D eigenvalue weighted by molar-refractivity contribution is -0.133. The summed E-state index contributed by atoms with van der Waals surface area (Å²) < 4.78 is 5.58. The monoisotopic (exact) mass is 340 g/mol. The molecule has 6 nitrogen and oxygen atoms in total. The van der Waals surface area contributed by atoms with E-state index in [1.807, 2.05) is 49.1 Å². The van der Waals surface area contributed by atoms with Crippen LogP contribution < -0.4 is 9.64 Å². The average molecular weight is 340 g/mol. The number of aryl methyl sites for hydroxylation is 2. The number of hydrogen-bond acceptors (Lipinski definition) is 5. The lowest BCUT2D eigenvalue weighted by atomic mass is 10.3. The predicted octanol–water partition coefficient (Wildman–Crippen LogP) is 2.21. The van der Waals surface area contributed by atoms with Crippen LogP contribution in [0.1, 0.15) is 17.8 Å². The summed E-state index contributed by atoms with van der Waals surface area (Å²) in [6.45, 7) is 7.05. The molecule has 0 N–H and O–H groups in total. The van der Waals surface area contributed by atoms with Crippen LogP contribution in [0.15, 0.2) is 36.5 Å². The van der Waals surface area contributed by atoms with Crippen LogP contribution in [0.5, 0.6) is 5.75 Å². The summed E-state index contributed by atoms with van der Waals surface area (Å²) >= 11 is 0. The number of aromatic nitrogens is 2. The van der Waals surface area contributed by atoms with E-state index in [-0.39, 0.29) is 12.5 Å². The minimum atomic E-state index is 0.0257. The largest absolute Gasteiger partial charge is 0.484 e. The number of amides is 1. The summed E-state index contributed by atoms with van der Waals surface area (Å²) in [6.07, 6.45) is 2.69. The third-order valence-corrected chi connectivity index (χ3v) is 4.30. The number of rotatable bonds is 4. The van der Waals surface area contributed by atoms with Crippen LogP contribution in [-0.4, -0.2) is 53.6 Å². The number of para-hydroxylation sites is 1. The molecule has 2 heterocycles. The van der Waals surface area contributed by atoms with Gasteiger partial charge in [-0.15, -0.1) is 0 Å². The molecule has 132 valence electrons. The summed E-state index contributed by atoms with van der Waals surface area (Å²) in [5.41, 5.74) is 1.84. The molecule has 0 radical (unpaired) electrons. The van der Waals surface area contributed by atoms with Crippen molar-refractivity contribution >= 4 is 11.7 Å². The van der Waals surface area contributed by atoms with Gasteiger partial charge >= 0.3 is 0 Å². The molecule has 1 aromatic heterocycles. The van der Waals surface area contributed by atoms with E-state index in [2.05, 4.69) is 14.9 Å². The Bertz CT molecular complexity index is 721. The van der Waals surface area contributed by atoms with Crippen LogP contribution >= 0.6 is 0 Å². The molecule has 0 aliphatic carbocycles. The van der Waals surface area contributed by atoms with E-state index in [9.17, 15) is 4.79 Å². The van der Waals surface area contributed by atoms with Crippen LogP contribution in [0, 0.1) is 13.8 Å². The summed E-state index contributed by atoms with van der Waals surface area (Å²) in [6, 6.07) is 9.44. The molecule has 0 atom stereocenters. The van der Waals surface area contributed by atoms with Gasteiger partial charge in [0.25, 0.3) is 5.91 Å². The van der Waals surface area contributed by atoms with Gasteiger partial charge in [0.2, 0.25) is 0 Å². The van der Waals surface area contributed by atoms with Crippen molar-refractivity contribution in [2.75, 3.05) is 37.7 Å². The highest BCUT2D eigenvalue weighted by Crippen LogP contribution is 2.17. The van der Waals surface area contributed by atoms with Crippen molar-refractivity contribution in [1.82, 2.24) is 14.9 Å². The number of benzene rings is 1. The van der Waals surface area contributed by atoms with E-state index in [4.69, 9.17) is 4.74 Å². The van der Waals surface area contributed by atoms with Crippen molar-refractivity contribution in [2.24, 2.45) is 0 Å². The zero-order valence-corrected chi connectivity index (χ0v) is 14.8. The first kappa shape index (κ1) is 17.2. The van der Waals surface area contributed by atoms with Gasteiger partial charge in [-0.3, -0.25) is 9.78 Å². The van der Waals surface area contributed by atoms with Gasteiger partial charge in [-0.25, -0.2) is 4.98 Å². The molecule has 1 aromatic carbocycles. The number of ether oxygens (including phenoxy) is 1. The second-order valence-corrected chi connectivity index (χ2v) is 6.24. The Hall–Kier alpha value is -2.63. The van der Waals surface area contributed by atoms with E-state index < -0.39 is 0 Å². The van der Waals surface area contributed by atoms with Crippen molar-refractivity contribution < 1.29 is 9.53 Å². The number of carbonyl (C=O) groups is 1. The maximum Gasteiger partial charge on any atom is 0.260 e. The molecule has 1 saturated heterocycles. The summed E-state index contributed by atoms with van der Waals surface area (Å²) in [7, 11) is 0. The number of hydrogen-bond donors (Lipinski definition) is 0. The fourth-order valence-corrected chi connectivity index (χ4v) is 2.96. The van der Waals surface area contributed by atoms with Crippen LogP contribution in [0.3, 0.4) is 0 Å². The first-order valence-corrected chi connectivity index (χ1v) is 8.64. The van der Waals surface area contributed by atoms with Gasteiger partial charge in [-0.1, -0.05) is 18.2 Å². The third-order valence-electron chi connectivity index (χ3n) is 4.30. The Balaban J connectivity index is 1.57. The Labute approximate surface area is 148 Å². The maximum absolute atomic E-state index is 12.4. The molecule has 2 aromatic rings. The molecule has 1 aliphatic heterocycles. The lowest BCUT2D eigenvalue weighted by Gasteiger charge is -2.24. The average Bonchev–Trinajstić information content (AvgIpc) is 2.89. The molecular formula is C19H24N4O2. The Morgan fingerprint density at radius 2 is 1.92 bits per heavy atom. The van der Waals surface area contributed by atoms with Crippen molar-refractivity contribution in [1.29, 1.82) is 0 Å². The molecule has 0 spiro atoms. The molecule has 1 amide bonds. The minimum Gasteiger partial charge on any atom is -0.484 e. The molecule has 3 rings (SSSR count). The van der Waals surface area contributed by atoms with Crippen LogP contribution in [-0.2, 0) is 4.79 Å². The smallest absolute Gasteiger partial charge is 0.260 e. The SMILES string of the molecule is Cc1cnc(C)c(N2CCCN(C(=O)COc3ccccc3)CC2)n1. The topological polar surface area (TPSA) is 58.6 Å². The molecule has 0 unspecified atom stereocenters. The zero-order valence-electron chi connectivity index (χ0n) is 14.8. The third kappa shape index (κ3) is 4.47. The molecule has 6 heteroatoms. The van der Waals surface area contributed by atoms with Gasteiger partial charge in [-0.2, -0.15) is 0 Å². The summed E-state index contributed by atoms with van der Waals surface area (Å²) in [4.78, 5) is 25.6. The van der Waals surface area contributed by atoms with Gasteiger partial charge in [0, 0.05) is 32.4 Å². The molecule has 1 fully saturated rings. The standard InChI is InChI=1S/C19H24N4O2/c1-15-13-20-16(2)19(21-15)23-10-6-9-22(11-12-23)18(24)14-25-17-7-4-3-5-8-17/h3-5,7-8,13H,6,9-12,14H2,1-2H3. The highest BCUT2D eigenvalue weighted by atomic mass is 16.5. The molecule has 0 bridgehead atoms. The normalized spacial score (nSPS) is 15.0. The predicted molar refractivity (Wildman–Crippen MR) is 96.9 cm³/mol. The van der Waals surface area contributed by atoms with E-state index in [0.717, 1.165) is 49.0 Å².